The highest BCUT2D eigenvalue weighted by Gasteiger charge is 2.13. The van der Waals surface area contributed by atoms with E-state index in [-0.39, 0.29) is 5.91 Å². The maximum atomic E-state index is 11.6. The van der Waals surface area contributed by atoms with Crippen LogP contribution in [0.2, 0.25) is 0 Å². The quantitative estimate of drug-likeness (QED) is 0.593. The van der Waals surface area contributed by atoms with Gasteiger partial charge in [0.05, 0.1) is 6.04 Å². The number of nitrogens with two attached hydrogens (primary N) is 1. The molecule has 0 aliphatic carbocycles. The molecule has 96 valence electrons. The fourth-order valence-electron chi connectivity index (χ4n) is 1.56. The number of aryl methyl sites for hydroxylation is 1. The molecule has 1 atom stereocenters. The number of hydrogen-bond donors (Lipinski definition) is 3. The molecule has 1 heterocycles. The minimum absolute atomic E-state index is 0.0729. The Balaban J connectivity index is 2.11. The van der Waals surface area contributed by atoms with Crippen LogP contribution in [-0.2, 0) is 11.2 Å². The fourth-order valence-corrected chi connectivity index (χ4v) is 1.56. The van der Waals surface area contributed by atoms with E-state index in [1.165, 1.54) is 6.33 Å². The third kappa shape index (κ3) is 5.44. The normalized spacial score (nSPS) is 12.7. The van der Waals surface area contributed by atoms with Crippen LogP contribution in [0.25, 0.3) is 0 Å². The topological polar surface area (TPSA) is 96.7 Å². The molecule has 6 heteroatoms. The summed E-state index contributed by atoms with van der Waals surface area (Å²) in [5.74, 6) is 1.20. The van der Waals surface area contributed by atoms with Crippen molar-refractivity contribution in [2.24, 2.45) is 11.7 Å². The smallest absolute Gasteiger partial charge is 0.236 e. The largest absolute Gasteiger partial charge is 0.355 e. The predicted octanol–water partition coefficient (Wildman–Crippen LogP) is 0.227. The van der Waals surface area contributed by atoms with Crippen molar-refractivity contribution in [1.82, 2.24) is 20.5 Å². The van der Waals surface area contributed by atoms with Crippen LogP contribution in [0.1, 0.15) is 32.5 Å². The number of carbonyl (C=O) groups is 1. The van der Waals surface area contributed by atoms with E-state index in [2.05, 4.69) is 34.3 Å². The van der Waals surface area contributed by atoms with Gasteiger partial charge in [0, 0.05) is 13.0 Å². The molecule has 6 nitrogen and oxygen atoms in total. The Labute approximate surface area is 101 Å². The molecule has 1 aromatic heterocycles. The Morgan fingerprint density at radius 1 is 1.59 bits per heavy atom. The van der Waals surface area contributed by atoms with Crippen molar-refractivity contribution < 1.29 is 4.79 Å². The Morgan fingerprint density at radius 2 is 2.35 bits per heavy atom. The second-order valence-electron chi connectivity index (χ2n) is 4.56. The first-order valence-electron chi connectivity index (χ1n) is 5.97. The van der Waals surface area contributed by atoms with Crippen molar-refractivity contribution in [2.45, 2.75) is 39.2 Å². The molecule has 1 aromatic rings. The highest BCUT2D eigenvalue weighted by molar-refractivity contribution is 5.81. The first kappa shape index (κ1) is 13.6. The van der Waals surface area contributed by atoms with Crippen molar-refractivity contribution in [3.63, 3.8) is 0 Å². The predicted molar refractivity (Wildman–Crippen MR) is 65.1 cm³/mol. The number of H-pyrrole nitrogens is 1. The lowest BCUT2D eigenvalue weighted by atomic mass is 10.0. The molecule has 4 N–H and O–H groups in total. The van der Waals surface area contributed by atoms with Gasteiger partial charge in [0.15, 0.2) is 0 Å². The Morgan fingerprint density at radius 3 is 2.94 bits per heavy atom. The van der Waals surface area contributed by atoms with Gasteiger partial charge >= 0.3 is 0 Å². The second-order valence-corrected chi connectivity index (χ2v) is 4.56. The lowest BCUT2D eigenvalue weighted by Gasteiger charge is -2.13. The monoisotopic (exact) mass is 239 g/mol. The van der Waals surface area contributed by atoms with Gasteiger partial charge < -0.3 is 11.1 Å². The van der Waals surface area contributed by atoms with Crippen LogP contribution in [-0.4, -0.2) is 33.7 Å². The molecule has 0 aliphatic rings. The molecule has 0 unspecified atom stereocenters. The second kappa shape index (κ2) is 7.01. The van der Waals surface area contributed by atoms with Crippen LogP contribution < -0.4 is 11.1 Å². The number of amides is 1. The summed E-state index contributed by atoms with van der Waals surface area (Å²) in [7, 11) is 0. The Kier molecular flexibility index (Phi) is 5.62. The average Bonchev–Trinajstić information content (AvgIpc) is 2.75. The van der Waals surface area contributed by atoms with Crippen molar-refractivity contribution >= 4 is 5.91 Å². The van der Waals surface area contributed by atoms with Crippen molar-refractivity contribution in [1.29, 1.82) is 0 Å². The highest BCUT2D eigenvalue weighted by atomic mass is 16.2. The van der Waals surface area contributed by atoms with Gasteiger partial charge in [0.2, 0.25) is 5.91 Å². The van der Waals surface area contributed by atoms with E-state index in [0.29, 0.717) is 18.9 Å². The number of rotatable bonds is 7. The maximum Gasteiger partial charge on any atom is 0.236 e. The molecule has 0 spiro atoms. The van der Waals surface area contributed by atoms with Crippen LogP contribution in [0.3, 0.4) is 0 Å². The summed E-state index contributed by atoms with van der Waals surface area (Å²) in [6.07, 6.45) is 3.80. The molecule has 0 saturated carbocycles. The van der Waals surface area contributed by atoms with Crippen molar-refractivity contribution in [3.05, 3.63) is 12.2 Å². The number of nitrogens with one attached hydrogen (secondary N) is 2. The molecule has 1 rings (SSSR count). The number of aromatic amines is 1. The molecular formula is C11H21N5O. The first-order valence-corrected chi connectivity index (χ1v) is 5.97. The van der Waals surface area contributed by atoms with E-state index in [0.717, 1.165) is 18.7 Å². The zero-order valence-electron chi connectivity index (χ0n) is 10.4. The van der Waals surface area contributed by atoms with Gasteiger partial charge in [0.25, 0.3) is 0 Å². The lowest BCUT2D eigenvalue weighted by Crippen LogP contribution is -2.41. The summed E-state index contributed by atoms with van der Waals surface area (Å²) in [6, 6.07) is -0.403. The molecule has 0 radical (unpaired) electrons. The van der Waals surface area contributed by atoms with E-state index in [9.17, 15) is 4.79 Å². The first-order chi connectivity index (χ1) is 8.09. The average molecular weight is 239 g/mol. The third-order valence-corrected chi connectivity index (χ3v) is 2.42. The number of nitrogens with zero attached hydrogens (tertiary/aromatic N) is 2. The van der Waals surface area contributed by atoms with E-state index in [4.69, 9.17) is 5.73 Å². The van der Waals surface area contributed by atoms with E-state index < -0.39 is 6.04 Å². The molecule has 0 aliphatic heterocycles. The van der Waals surface area contributed by atoms with Gasteiger partial charge in [-0.15, -0.1) is 0 Å². The van der Waals surface area contributed by atoms with Gasteiger partial charge in [-0.1, -0.05) is 13.8 Å². The lowest BCUT2D eigenvalue weighted by molar-refractivity contribution is -0.122. The minimum atomic E-state index is -0.403. The highest BCUT2D eigenvalue weighted by Crippen LogP contribution is 2.02. The van der Waals surface area contributed by atoms with Gasteiger partial charge in [0.1, 0.15) is 12.2 Å². The minimum Gasteiger partial charge on any atom is -0.355 e. The maximum absolute atomic E-state index is 11.6. The van der Waals surface area contributed by atoms with E-state index >= 15 is 0 Å². The molecule has 0 fully saturated rings. The Bertz CT molecular complexity index is 323. The SMILES string of the molecule is CC(C)C[C@H](N)C(=O)NCCCc1ncn[nH]1. The van der Waals surface area contributed by atoms with Gasteiger partial charge in [-0.2, -0.15) is 5.10 Å². The van der Waals surface area contributed by atoms with Crippen LogP contribution in [0.4, 0.5) is 0 Å². The van der Waals surface area contributed by atoms with E-state index in [1.807, 2.05) is 0 Å². The zero-order valence-corrected chi connectivity index (χ0v) is 10.4. The summed E-state index contributed by atoms with van der Waals surface area (Å²) >= 11 is 0. The standard InChI is InChI=1S/C11H21N5O/c1-8(2)6-9(12)11(17)13-5-3-4-10-14-7-15-16-10/h7-9H,3-6,12H2,1-2H3,(H,13,17)(H,14,15,16)/t9-/m0/s1. The van der Waals surface area contributed by atoms with Crippen molar-refractivity contribution in [2.75, 3.05) is 6.54 Å². The van der Waals surface area contributed by atoms with Crippen LogP contribution in [0.15, 0.2) is 6.33 Å². The summed E-state index contributed by atoms with van der Waals surface area (Å²) in [6.45, 7) is 4.72. The molecule has 0 aromatic carbocycles. The zero-order chi connectivity index (χ0) is 12.7. The third-order valence-electron chi connectivity index (χ3n) is 2.42. The summed E-state index contributed by atoms with van der Waals surface area (Å²) in [5, 5.41) is 9.35. The van der Waals surface area contributed by atoms with Crippen LogP contribution in [0, 0.1) is 5.92 Å². The number of hydrogen-bond acceptors (Lipinski definition) is 4. The van der Waals surface area contributed by atoms with Crippen molar-refractivity contribution in [3.8, 4) is 0 Å². The Hall–Kier alpha value is -1.43. The van der Waals surface area contributed by atoms with Crippen LogP contribution in [0.5, 0.6) is 0 Å². The summed E-state index contributed by atoms with van der Waals surface area (Å²) < 4.78 is 0. The van der Waals surface area contributed by atoms with Gasteiger partial charge in [-0.25, -0.2) is 4.98 Å². The number of carbonyl (C=O) groups excluding carboxylic acids is 1. The summed E-state index contributed by atoms with van der Waals surface area (Å²) in [4.78, 5) is 15.6. The molecular weight excluding hydrogens is 218 g/mol. The summed E-state index contributed by atoms with van der Waals surface area (Å²) in [5.41, 5.74) is 5.75. The van der Waals surface area contributed by atoms with Gasteiger partial charge in [-0.05, 0) is 18.8 Å². The van der Waals surface area contributed by atoms with E-state index in [1.54, 1.807) is 0 Å². The van der Waals surface area contributed by atoms with Gasteiger partial charge in [-0.3, -0.25) is 9.89 Å². The molecule has 0 bridgehead atoms. The number of aromatic nitrogens is 3. The molecule has 0 saturated heterocycles. The molecule has 1 amide bonds. The molecule has 17 heavy (non-hydrogen) atoms. The van der Waals surface area contributed by atoms with Crippen LogP contribution >= 0.6 is 0 Å². The fraction of sp³-hybridized carbons (Fsp3) is 0.727.